The molecule has 1 aromatic heterocycles. The summed E-state index contributed by atoms with van der Waals surface area (Å²) in [5.74, 6) is 0.750. The molecule has 2 N–H and O–H groups in total. The Bertz CT molecular complexity index is 856. The van der Waals surface area contributed by atoms with Crippen LogP contribution >= 0.6 is 12.2 Å². The molecule has 0 unspecified atom stereocenters. The monoisotopic (exact) mass is 362 g/mol. The molecule has 0 aliphatic carbocycles. The number of aromatic nitrogens is 1. The van der Waals surface area contributed by atoms with Gasteiger partial charge < -0.3 is 10.1 Å². The number of methoxy groups -OCH3 is 1. The molecular weight excluding hydrogens is 344 g/mol. The van der Waals surface area contributed by atoms with E-state index in [0.717, 1.165) is 22.7 Å². The lowest BCUT2D eigenvalue weighted by Crippen LogP contribution is -2.25. The predicted molar refractivity (Wildman–Crippen MR) is 109 cm³/mol. The predicted octanol–water partition coefficient (Wildman–Crippen LogP) is 3.83. The maximum atomic E-state index is 5.34. The van der Waals surface area contributed by atoms with E-state index in [4.69, 9.17) is 17.0 Å². The number of anilines is 1. The zero-order valence-corrected chi connectivity index (χ0v) is 15.0. The first-order valence-electron chi connectivity index (χ1n) is 8.02. The molecule has 6 heteroatoms. The third-order valence-electron chi connectivity index (χ3n) is 3.55. The Hall–Kier alpha value is -3.25. The summed E-state index contributed by atoms with van der Waals surface area (Å²) in [7, 11) is 1.62. The molecule has 0 atom stereocenters. The molecule has 0 amide bonds. The first-order valence-corrected chi connectivity index (χ1v) is 8.42. The third kappa shape index (κ3) is 4.64. The largest absolute Gasteiger partial charge is 0.497 e. The summed E-state index contributed by atoms with van der Waals surface area (Å²) in [6.07, 6.45) is 1.74. The molecule has 0 fully saturated rings. The second-order valence-corrected chi connectivity index (χ2v) is 5.75. The van der Waals surface area contributed by atoms with Crippen molar-refractivity contribution in [1.29, 1.82) is 0 Å². The minimum atomic E-state index is 0.377. The molecule has 0 saturated carbocycles. The number of ether oxygens (including phenoxy) is 1. The average Bonchev–Trinajstić information content (AvgIpc) is 2.70. The van der Waals surface area contributed by atoms with Crippen molar-refractivity contribution in [2.75, 3.05) is 12.4 Å². The fourth-order valence-corrected chi connectivity index (χ4v) is 2.50. The highest BCUT2D eigenvalue weighted by Crippen LogP contribution is 2.16. The quantitative estimate of drug-likeness (QED) is 0.410. The Kier molecular flexibility index (Phi) is 5.90. The molecule has 5 nitrogen and oxygen atoms in total. The Balaban J connectivity index is 1.79. The van der Waals surface area contributed by atoms with Gasteiger partial charge >= 0.3 is 0 Å². The van der Waals surface area contributed by atoms with Crippen LogP contribution in [0.4, 0.5) is 5.69 Å². The minimum absolute atomic E-state index is 0.377. The number of pyridine rings is 1. The molecule has 26 heavy (non-hydrogen) atoms. The highest BCUT2D eigenvalue weighted by molar-refractivity contribution is 7.80. The van der Waals surface area contributed by atoms with Gasteiger partial charge in [0.25, 0.3) is 0 Å². The van der Waals surface area contributed by atoms with Gasteiger partial charge in [-0.15, -0.1) is 0 Å². The SMILES string of the molecule is COc1cccc(NC(=S)N/N=C(/c2ccccc2)c2ccccn2)c1. The second kappa shape index (κ2) is 8.73. The summed E-state index contributed by atoms with van der Waals surface area (Å²) in [5.41, 5.74) is 6.13. The van der Waals surface area contributed by atoms with E-state index in [-0.39, 0.29) is 0 Å². The van der Waals surface area contributed by atoms with Crippen LogP contribution in [0.25, 0.3) is 0 Å². The summed E-state index contributed by atoms with van der Waals surface area (Å²) in [6, 6.07) is 23.1. The van der Waals surface area contributed by atoms with Gasteiger partial charge in [0.2, 0.25) is 0 Å². The van der Waals surface area contributed by atoms with Crippen LogP contribution < -0.4 is 15.5 Å². The fraction of sp³-hybridized carbons (Fsp3) is 0.0500. The van der Waals surface area contributed by atoms with Crippen LogP contribution in [0.2, 0.25) is 0 Å². The zero-order valence-electron chi connectivity index (χ0n) is 14.2. The zero-order chi connectivity index (χ0) is 18.2. The molecule has 0 spiro atoms. The van der Waals surface area contributed by atoms with Crippen molar-refractivity contribution < 1.29 is 4.74 Å². The Morgan fingerprint density at radius 3 is 2.54 bits per heavy atom. The van der Waals surface area contributed by atoms with Crippen LogP contribution in [-0.2, 0) is 0 Å². The second-order valence-electron chi connectivity index (χ2n) is 5.34. The summed E-state index contributed by atoms with van der Waals surface area (Å²) >= 11 is 5.34. The van der Waals surface area contributed by atoms with E-state index >= 15 is 0 Å². The van der Waals surface area contributed by atoms with Crippen molar-refractivity contribution in [2.24, 2.45) is 5.10 Å². The molecule has 2 aromatic carbocycles. The van der Waals surface area contributed by atoms with Gasteiger partial charge in [0, 0.05) is 23.5 Å². The van der Waals surface area contributed by atoms with Crippen molar-refractivity contribution in [2.45, 2.75) is 0 Å². The van der Waals surface area contributed by atoms with Crippen LogP contribution in [0, 0.1) is 0 Å². The number of benzene rings is 2. The summed E-state index contributed by atoms with van der Waals surface area (Å²) in [5, 5.41) is 7.94. The van der Waals surface area contributed by atoms with Crippen LogP contribution in [-0.4, -0.2) is 22.9 Å². The number of hydrazone groups is 1. The molecule has 3 aromatic rings. The molecular formula is C20H18N4OS. The topological polar surface area (TPSA) is 58.5 Å². The number of nitrogens with zero attached hydrogens (tertiary/aromatic N) is 2. The third-order valence-corrected chi connectivity index (χ3v) is 3.74. The summed E-state index contributed by atoms with van der Waals surface area (Å²) in [4.78, 5) is 4.39. The highest BCUT2D eigenvalue weighted by Gasteiger charge is 2.08. The number of hydrogen-bond donors (Lipinski definition) is 2. The van der Waals surface area contributed by atoms with Crippen molar-refractivity contribution in [3.63, 3.8) is 0 Å². The molecule has 0 aliphatic rings. The normalized spacial score (nSPS) is 10.9. The fourth-order valence-electron chi connectivity index (χ4n) is 2.34. The first-order chi connectivity index (χ1) is 12.8. The maximum Gasteiger partial charge on any atom is 0.191 e. The lowest BCUT2D eigenvalue weighted by Gasteiger charge is -2.10. The van der Waals surface area contributed by atoms with Crippen LogP contribution in [0.1, 0.15) is 11.3 Å². The van der Waals surface area contributed by atoms with Crippen molar-refractivity contribution in [3.05, 3.63) is 90.3 Å². The van der Waals surface area contributed by atoms with Gasteiger partial charge in [-0.1, -0.05) is 42.5 Å². The highest BCUT2D eigenvalue weighted by atomic mass is 32.1. The van der Waals surface area contributed by atoms with Crippen molar-refractivity contribution in [3.8, 4) is 5.75 Å². The number of rotatable bonds is 5. The van der Waals surface area contributed by atoms with E-state index < -0.39 is 0 Å². The van der Waals surface area contributed by atoms with Gasteiger partial charge in [0.05, 0.1) is 12.8 Å². The van der Waals surface area contributed by atoms with Crippen LogP contribution in [0.3, 0.4) is 0 Å². The summed E-state index contributed by atoms with van der Waals surface area (Å²) in [6.45, 7) is 0. The van der Waals surface area contributed by atoms with Crippen LogP contribution in [0.5, 0.6) is 5.75 Å². The smallest absolute Gasteiger partial charge is 0.191 e. The standard InChI is InChI=1S/C20H18N4OS/c1-25-17-11-7-10-16(14-17)22-20(26)24-23-19(15-8-3-2-4-9-15)18-12-5-6-13-21-18/h2-14H,1H3,(H2,22,24,26)/b23-19-. The summed E-state index contributed by atoms with van der Waals surface area (Å²) < 4.78 is 5.21. The maximum absolute atomic E-state index is 5.34. The lowest BCUT2D eigenvalue weighted by atomic mass is 10.1. The van der Waals surface area contributed by atoms with E-state index in [2.05, 4.69) is 20.8 Å². The van der Waals surface area contributed by atoms with E-state index in [1.54, 1.807) is 13.3 Å². The number of hydrogen-bond acceptors (Lipinski definition) is 4. The van der Waals surface area contributed by atoms with Gasteiger partial charge in [0.15, 0.2) is 5.11 Å². The Morgan fingerprint density at radius 2 is 1.81 bits per heavy atom. The number of nitrogens with one attached hydrogen (secondary N) is 2. The van der Waals surface area contributed by atoms with Gasteiger partial charge in [-0.2, -0.15) is 5.10 Å². The minimum Gasteiger partial charge on any atom is -0.497 e. The van der Waals surface area contributed by atoms with Gasteiger partial charge in [-0.3, -0.25) is 10.4 Å². The molecule has 1 heterocycles. The van der Waals surface area contributed by atoms with Gasteiger partial charge in [0.1, 0.15) is 11.5 Å². The average molecular weight is 362 g/mol. The molecule has 0 bridgehead atoms. The van der Waals surface area contributed by atoms with Crippen molar-refractivity contribution in [1.82, 2.24) is 10.4 Å². The van der Waals surface area contributed by atoms with E-state index in [1.165, 1.54) is 0 Å². The first kappa shape index (κ1) is 17.6. The Morgan fingerprint density at radius 1 is 1.00 bits per heavy atom. The Labute approximate surface area is 157 Å². The molecule has 0 aliphatic heterocycles. The van der Waals surface area contributed by atoms with Gasteiger partial charge in [-0.25, -0.2) is 0 Å². The van der Waals surface area contributed by atoms with Crippen LogP contribution in [0.15, 0.2) is 84.1 Å². The molecule has 0 radical (unpaired) electrons. The van der Waals surface area contributed by atoms with E-state index in [9.17, 15) is 0 Å². The molecule has 0 saturated heterocycles. The van der Waals surface area contributed by atoms with E-state index in [1.807, 2.05) is 72.8 Å². The number of thiocarbonyl (C=S) groups is 1. The lowest BCUT2D eigenvalue weighted by molar-refractivity contribution is 0.415. The van der Waals surface area contributed by atoms with E-state index in [0.29, 0.717) is 10.8 Å². The van der Waals surface area contributed by atoms with Crippen molar-refractivity contribution >= 4 is 28.7 Å². The molecule has 3 rings (SSSR count). The van der Waals surface area contributed by atoms with Gasteiger partial charge in [-0.05, 0) is 36.5 Å². The molecule has 130 valence electrons.